The van der Waals surface area contributed by atoms with Crippen LogP contribution in [0.3, 0.4) is 0 Å². The van der Waals surface area contributed by atoms with Crippen LogP contribution in [0.4, 0.5) is 10.6 Å². The SMILES string of the molecule is CNC(=O)N(C)c1cc(CC(C)C)on1. The predicted octanol–water partition coefficient (Wildman–Crippen LogP) is 1.65. The summed E-state index contributed by atoms with van der Waals surface area (Å²) in [5.74, 6) is 1.84. The molecule has 84 valence electrons. The minimum Gasteiger partial charge on any atom is -0.359 e. The van der Waals surface area contributed by atoms with Crippen molar-refractivity contribution in [3.05, 3.63) is 11.8 Å². The number of rotatable bonds is 3. The number of carbonyl (C=O) groups excluding carboxylic acids is 1. The Balaban J connectivity index is 2.71. The number of nitrogens with one attached hydrogen (secondary N) is 1. The highest BCUT2D eigenvalue weighted by Crippen LogP contribution is 2.15. The molecule has 0 unspecified atom stereocenters. The van der Waals surface area contributed by atoms with E-state index in [2.05, 4.69) is 24.3 Å². The largest absolute Gasteiger partial charge is 0.359 e. The highest BCUT2D eigenvalue weighted by Gasteiger charge is 2.14. The third-order valence-corrected chi connectivity index (χ3v) is 2.02. The molecule has 1 N–H and O–H groups in total. The maximum atomic E-state index is 11.3. The van der Waals surface area contributed by atoms with E-state index in [1.165, 1.54) is 4.90 Å². The minimum absolute atomic E-state index is 0.209. The van der Waals surface area contributed by atoms with E-state index in [1.54, 1.807) is 20.2 Å². The van der Waals surface area contributed by atoms with Crippen LogP contribution in [-0.4, -0.2) is 25.3 Å². The van der Waals surface area contributed by atoms with Crippen LogP contribution in [0.15, 0.2) is 10.6 Å². The van der Waals surface area contributed by atoms with Crippen molar-refractivity contribution in [2.24, 2.45) is 5.92 Å². The molecule has 0 radical (unpaired) electrons. The molecule has 15 heavy (non-hydrogen) atoms. The Labute approximate surface area is 89.4 Å². The molecule has 1 aromatic rings. The second-order valence-electron chi connectivity index (χ2n) is 3.86. The average molecular weight is 211 g/mol. The van der Waals surface area contributed by atoms with Crippen LogP contribution in [0.1, 0.15) is 19.6 Å². The van der Waals surface area contributed by atoms with Crippen LogP contribution < -0.4 is 10.2 Å². The Morgan fingerprint density at radius 2 is 2.33 bits per heavy atom. The summed E-state index contributed by atoms with van der Waals surface area (Å²) in [4.78, 5) is 12.7. The topological polar surface area (TPSA) is 58.4 Å². The molecule has 5 heteroatoms. The van der Waals surface area contributed by atoms with Crippen molar-refractivity contribution in [2.75, 3.05) is 19.0 Å². The summed E-state index contributed by atoms with van der Waals surface area (Å²) in [5, 5.41) is 6.35. The molecule has 0 bridgehead atoms. The monoisotopic (exact) mass is 211 g/mol. The van der Waals surface area contributed by atoms with Gasteiger partial charge in [0.05, 0.1) is 0 Å². The Kier molecular flexibility index (Phi) is 3.71. The Morgan fingerprint density at radius 1 is 1.67 bits per heavy atom. The Bertz CT molecular complexity index is 333. The van der Waals surface area contributed by atoms with E-state index < -0.39 is 0 Å². The smallest absolute Gasteiger partial charge is 0.322 e. The van der Waals surface area contributed by atoms with Gasteiger partial charge < -0.3 is 9.84 Å². The predicted molar refractivity (Wildman–Crippen MR) is 57.9 cm³/mol. The second kappa shape index (κ2) is 4.82. The van der Waals surface area contributed by atoms with Crippen LogP contribution >= 0.6 is 0 Å². The van der Waals surface area contributed by atoms with Gasteiger partial charge in [0.25, 0.3) is 0 Å². The van der Waals surface area contributed by atoms with Crippen LogP contribution in [0.25, 0.3) is 0 Å². The van der Waals surface area contributed by atoms with Gasteiger partial charge in [-0.1, -0.05) is 19.0 Å². The molecule has 0 fully saturated rings. The summed E-state index contributed by atoms with van der Waals surface area (Å²) >= 11 is 0. The van der Waals surface area contributed by atoms with Crippen molar-refractivity contribution in [1.82, 2.24) is 10.5 Å². The van der Waals surface area contributed by atoms with Crippen molar-refractivity contribution in [3.8, 4) is 0 Å². The lowest BCUT2D eigenvalue weighted by atomic mass is 10.1. The molecule has 0 saturated heterocycles. The summed E-state index contributed by atoms with van der Waals surface area (Å²) in [6, 6.07) is 1.58. The van der Waals surface area contributed by atoms with Gasteiger partial charge in [0, 0.05) is 26.6 Å². The highest BCUT2D eigenvalue weighted by atomic mass is 16.5. The molecule has 0 saturated carbocycles. The molecule has 1 heterocycles. The first-order valence-corrected chi connectivity index (χ1v) is 4.95. The van der Waals surface area contributed by atoms with E-state index >= 15 is 0 Å². The van der Waals surface area contributed by atoms with Gasteiger partial charge in [-0.25, -0.2) is 4.79 Å². The lowest BCUT2D eigenvalue weighted by Gasteiger charge is -2.11. The summed E-state index contributed by atoms with van der Waals surface area (Å²) in [7, 11) is 3.23. The molecule has 0 spiro atoms. The van der Waals surface area contributed by atoms with Gasteiger partial charge in [-0.3, -0.25) is 4.90 Å². The standard InChI is InChI=1S/C10H17N3O2/c1-7(2)5-8-6-9(12-15-8)13(4)10(14)11-3/h6-7H,5H2,1-4H3,(H,11,14). The lowest BCUT2D eigenvalue weighted by Crippen LogP contribution is -2.34. The molecule has 2 amide bonds. The van der Waals surface area contributed by atoms with Gasteiger partial charge in [0.15, 0.2) is 5.82 Å². The van der Waals surface area contributed by atoms with E-state index in [1.807, 2.05) is 0 Å². The molecule has 0 aliphatic heterocycles. The summed E-state index contributed by atoms with van der Waals surface area (Å²) in [6.45, 7) is 4.20. The number of anilines is 1. The van der Waals surface area contributed by atoms with Crippen molar-refractivity contribution in [2.45, 2.75) is 20.3 Å². The highest BCUT2D eigenvalue weighted by molar-refractivity contribution is 5.90. The molecule has 1 rings (SSSR count). The van der Waals surface area contributed by atoms with Crippen molar-refractivity contribution in [1.29, 1.82) is 0 Å². The van der Waals surface area contributed by atoms with Crippen molar-refractivity contribution in [3.63, 3.8) is 0 Å². The third-order valence-electron chi connectivity index (χ3n) is 2.02. The Hall–Kier alpha value is -1.52. The molecule has 1 aromatic heterocycles. The van der Waals surface area contributed by atoms with Gasteiger partial charge in [-0.2, -0.15) is 0 Å². The number of hydrogen-bond acceptors (Lipinski definition) is 3. The second-order valence-corrected chi connectivity index (χ2v) is 3.86. The fourth-order valence-corrected chi connectivity index (χ4v) is 1.23. The number of carbonyl (C=O) groups is 1. The summed E-state index contributed by atoms with van der Waals surface area (Å²) in [6.07, 6.45) is 0.828. The number of nitrogens with zero attached hydrogens (tertiary/aromatic N) is 2. The normalized spacial score (nSPS) is 10.5. The van der Waals surface area contributed by atoms with E-state index in [0.717, 1.165) is 12.2 Å². The van der Waals surface area contributed by atoms with E-state index in [9.17, 15) is 4.79 Å². The molecule has 5 nitrogen and oxygen atoms in total. The first-order chi connectivity index (χ1) is 7.04. The molecular weight excluding hydrogens is 194 g/mol. The number of amides is 2. The van der Waals surface area contributed by atoms with Crippen LogP contribution in [0.5, 0.6) is 0 Å². The minimum atomic E-state index is -0.209. The van der Waals surface area contributed by atoms with Crippen molar-refractivity contribution >= 4 is 11.8 Å². The number of hydrogen-bond donors (Lipinski definition) is 1. The van der Waals surface area contributed by atoms with Gasteiger partial charge in [0.1, 0.15) is 5.76 Å². The van der Waals surface area contributed by atoms with Crippen LogP contribution in [0, 0.1) is 5.92 Å². The van der Waals surface area contributed by atoms with E-state index in [-0.39, 0.29) is 6.03 Å². The molecule has 0 aliphatic rings. The van der Waals surface area contributed by atoms with E-state index in [0.29, 0.717) is 11.7 Å². The van der Waals surface area contributed by atoms with Gasteiger partial charge in [-0.15, -0.1) is 0 Å². The number of urea groups is 1. The zero-order valence-electron chi connectivity index (χ0n) is 9.57. The first kappa shape index (κ1) is 11.6. The summed E-state index contributed by atoms with van der Waals surface area (Å²) in [5.41, 5.74) is 0. The zero-order chi connectivity index (χ0) is 11.4. The maximum Gasteiger partial charge on any atom is 0.322 e. The van der Waals surface area contributed by atoms with Gasteiger partial charge in [0.2, 0.25) is 0 Å². The summed E-state index contributed by atoms with van der Waals surface area (Å²) < 4.78 is 5.12. The fourth-order valence-electron chi connectivity index (χ4n) is 1.23. The molecule has 0 aliphatic carbocycles. The fraction of sp³-hybridized carbons (Fsp3) is 0.600. The first-order valence-electron chi connectivity index (χ1n) is 4.95. The Morgan fingerprint density at radius 3 is 2.87 bits per heavy atom. The zero-order valence-corrected chi connectivity index (χ0v) is 9.57. The lowest BCUT2D eigenvalue weighted by molar-refractivity contribution is 0.249. The van der Waals surface area contributed by atoms with E-state index in [4.69, 9.17) is 4.52 Å². The molecule has 0 aromatic carbocycles. The van der Waals surface area contributed by atoms with Gasteiger partial charge >= 0.3 is 6.03 Å². The third kappa shape index (κ3) is 2.97. The van der Waals surface area contributed by atoms with Crippen LogP contribution in [0.2, 0.25) is 0 Å². The quantitative estimate of drug-likeness (QED) is 0.827. The molecular formula is C10H17N3O2. The number of aromatic nitrogens is 1. The maximum absolute atomic E-state index is 11.3. The molecule has 0 atom stereocenters. The van der Waals surface area contributed by atoms with Crippen molar-refractivity contribution < 1.29 is 9.32 Å². The van der Waals surface area contributed by atoms with Gasteiger partial charge in [-0.05, 0) is 5.92 Å². The average Bonchev–Trinajstić information content (AvgIpc) is 2.63. The van der Waals surface area contributed by atoms with Crippen LogP contribution in [-0.2, 0) is 6.42 Å².